The predicted octanol–water partition coefficient (Wildman–Crippen LogP) is 21.9. The van der Waals surface area contributed by atoms with Crippen molar-refractivity contribution in [2.75, 3.05) is 39.5 Å². The minimum absolute atomic E-state index is 0.174. The van der Waals surface area contributed by atoms with Gasteiger partial charge < -0.3 is 18.9 Å². The Bertz CT molecular complexity index is 4420. The van der Waals surface area contributed by atoms with Crippen LogP contribution >= 0.6 is 0 Å². The highest BCUT2D eigenvalue weighted by molar-refractivity contribution is 6.26. The molecule has 0 heterocycles. The van der Waals surface area contributed by atoms with E-state index in [0.29, 0.717) is 65.2 Å². The number of nitrogens with zero attached hydrogens (tertiary/aromatic N) is 2. The zero-order valence-electron chi connectivity index (χ0n) is 58.2. The van der Waals surface area contributed by atoms with Crippen LogP contribution in [-0.2, 0) is 47.3 Å². The highest BCUT2D eigenvalue weighted by Crippen LogP contribution is 2.46. The second kappa shape index (κ2) is 25.5. The van der Waals surface area contributed by atoms with Crippen molar-refractivity contribution in [3.05, 3.63) is 236 Å². The summed E-state index contributed by atoms with van der Waals surface area (Å²) in [5, 5.41) is 15.2. The maximum absolute atomic E-state index is 7.38. The Morgan fingerprint density at radius 2 is 0.553 bits per heavy atom. The number of hydrogen-bond acceptors (Lipinski definition) is 6. The van der Waals surface area contributed by atoms with Gasteiger partial charge in [-0.1, -0.05) is 255 Å². The van der Waals surface area contributed by atoms with Crippen molar-refractivity contribution in [2.45, 2.75) is 157 Å². The summed E-state index contributed by atoms with van der Waals surface area (Å²) in [6.45, 7) is 35.3. The van der Waals surface area contributed by atoms with E-state index in [1.807, 2.05) is 0 Å². The molecule has 1 aliphatic carbocycles. The lowest BCUT2D eigenvalue weighted by molar-refractivity contribution is 0.308. The molecule has 0 radical (unpaired) electrons. The SMILES string of the molecule is CCCOc1c2cc(C(C)(C)C)cc1Cc1cc(C(C)(C)C)cc(c1OCCN=Cc1ccc3ccc4cccc5ccc1c3c45)Cc1cc(C(C)(C)C)cc(c1OCCC)Cc1cc(C(C)(C)C)cc(c1OCCN=Cc1ccc3ccc4cccc5ccc1c3c45)C2. The third-order valence-corrected chi connectivity index (χ3v) is 19.4. The van der Waals surface area contributed by atoms with Gasteiger partial charge in [0.25, 0.3) is 0 Å². The molecule has 12 aromatic carbocycles. The lowest BCUT2D eigenvalue weighted by atomic mass is 9.79. The molecule has 0 spiro atoms. The Morgan fingerprint density at radius 1 is 0.309 bits per heavy atom. The molecule has 0 amide bonds. The Hall–Kier alpha value is -8.74. The third-order valence-electron chi connectivity index (χ3n) is 19.4. The zero-order chi connectivity index (χ0) is 65.8. The second-order valence-corrected chi connectivity index (χ2v) is 30.7. The molecule has 0 unspecified atom stereocenters. The van der Waals surface area contributed by atoms with Crippen molar-refractivity contribution in [3.63, 3.8) is 0 Å². The molecule has 6 nitrogen and oxygen atoms in total. The Balaban J connectivity index is 0.949. The Kier molecular flexibility index (Phi) is 17.4. The van der Waals surface area contributed by atoms with Gasteiger partial charge in [0.2, 0.25) is 0 Å². The second-order valence-electron chi connectivity index (χ2n) is 30.7. The van der Waals surface area contributed by atoms with Gasteiger partial charge in [-0.3, -0.25) is 9.98 Å². The van der Waals surface area contributed by atoms with Gasteiger partial charge in [0.15, 0.2) is 0 Å². The molecule has 480 valence electrons. The molecule has 1 aliphatic rings. The first-order valence-corrected chi connectivity index (χ1v) is 34.5. The van der Waals surface area contributed by atoms with Crippen LogP contribution in [0, 0.1) is 0 Å². The summed E-state index contributed by atoms with van der Waals surface area (Å²) in [6, 6.07) is 59.4. The molecular weight excluding hydrogens is 1150 g/mol. The number of benzene rings is 12. The molecule has 94 heavy (non-hydrogen) atoms. The average molecular weight is 1240 g/mol. The molecule has 0 aliphatic heterocycles. The van der Waals surface area contributed by atoms with E-state index in [-0.39, 0.29) is 21.7 Å². The first kappa shape index (κ1) is 64.0. The normalized spacial score (nSPS) is 13.5. The van der Waals surface area contributed by atoms with E-state index in [2.05, 4.69) is 267 Å². The van der Waals surface area contributed by atoms with Gasteiger partial charge in [-0.05, 0) is 166 Å². The minimum Gasteiger partial charge on any atom is -0.493 e. The van der Waals surface area contributed by atoms with Gasteiger partial charge >= 0.3 is 0 Å². The van der Waals surface area contributed by atoms with E-state index >= 15 is 0 Å². The summed E-state index contributed by atoms with van der Waals surface area (Å²) < 4.78 is 29.1. The van der Waals surface area contributed by atoms with E-state index in [1.54, 1.807) is 0 Å². The number of hydrogen-bond donors (Lipinski definition) is 0. The van der Waals surface area contributed by atoms with Crippen LogP contribution in [0.1, 0.15) is 188 Å². The number of fused-ring (bicyclic) bond motifs is 8. The molecular formula is C88H94N2O4. The summed E-state index contributed by atoms with van der Waals surface area (Å²) >= 11 is 0. The quantitative estimate of drug-likeness (QED) is 0.0549. The highest BCUT2D eigenvalue weighted by atomic mass is 16.5. The van der Waals surface area contributed by atoms with Crippen LogP contribution < -0.4 is 18.9 Å². The van der Waals surface area contributed by atoms with Gasteiger partial charge in [0.05, 0.1) is 26.3 Å². The van der Waals surface area contributed by atoms with Crippen LogP contribution in [0.5, 0.6) is 23.0 Å². The van der Waals surface area contributed by atoms with E-state index in [0.717, 1.165) is 91.5 Å². The maximum atomic E-state index is 7.38. The van der Waals surface area contributed by atoms with Gasteiger partial charge in [0, 0.05) is 49.2 Å². The zero-order valence-corrected chi connectivity index (χ0v) is 58.2. The average Bonchev–Trinajstić information content (AvgIpc) is 0.752. The third kappa shape index (κ3) is 12.9. The van der Waals surface area contributed by atoms with Crippen LogP contribution in [0.2, 0.25) is 0 Å². The summed E-state index contributed by atoms with van der Waals surface area (Å²) in [4.78, 5) is 10.3. The lowest BCUT2D eigenvalue weighted by Gasteiger charge is -2.29. The molecule has 0 saturated heterocycles. The molecule has 13 rings (SSSR count). The van der Waals surface area contributed by atoms with Crippen molar-refractivity contribution in [3.8, 4) is 23.0 Å². The standard InChI is InChI=1S/C88H94N2O4/c1-15-37-91-81-63-41-67-49-73(87(9,10)11)51-69(83(67)93-39-35-89-53-61-29-27-59-25-23-55-19-17-21-57-31-33-75(61)79(59)77(55)57)43-65-47-72(86(6,7)8)48-66(82(65)92-38-16-2)44-70-52-74(88(12,13)14)50-68(42-64(81)46-71(45-63)85(3,4)5)84(70)94-40-36-90-54-62-30-28-60-26-24-56-20-18-22-58-32-34-76(62)80(60)78(56)58/h17-34,45-54H,15-16,35-44H2,1-14H3. The fourth-order valence-corrected chi connectivity index (χ4v) is 14.2. The predicted molar refractivity (Wildman–Crippen MR) is 400 cm³/mol. The van der Waals surface area contributed by atoms with Gasteiger partial charge in [-0.2, -0.15) is 0 Å². The molecule has 8 bridgehead atoms. The fraction of sp³-hybridized carbons (Fsp3) is 0.341. The highest BCUT2D eigenvalue weighted by Gasteiger charge is 2.30. The van der Waals surface area contributed by atoms with Gasteiger partial charge in [-0.25, -0.2) is 0 Å². The van der Waals surface area contributed by atoms with E-state index in [9.17, 15) is 0 Å². The van der Waals surface area contributed by atoms with E-state index < -0.39 is 0 Å². The summed E-state index contributed by atoms with van der Waals surface area (Å²) in [5.74, 6) is 3.69. The Morgan fingerprint density at radius 3 is 0.819 bits per heavy atom. The lowest BCUT2D eigenvalue weighted by Crippen LogP contribution is -2.18. The first-order valence-electron chi connectivity index (χ1n) is 34.5. The van der Waals surface area contributed by atoms with E-state index in [1.165, 1.54) is 86.9 Å². The minimum atomic E-state index is -0.176. The Labute approximate surface area is 558 Å². The van der Waals surface area contributed by atoms with Gasteiger partial charge in [-0.15, -0.1) is 0 Å². The summed E-state index contributed by atoms with van der Waals surface area (Å²) in [5.41, 5.74) is 15.7. The molecule has 12 aromatic rings. The molecule has 0 fully saturated rings. The number of rotatable bonds is 16. The first-order chi connectivity index (χ1) is 45.0. The number of ether oxygens (including phenoxy) is 4. The number of aliphatic imine (C=N–C) groups is 2. The van der Waals surface area contributed by atoms with Crippen LogP contribution in [0.25, 0.3) is 64.6 Å². The topological polar surface area (TPSA) is 61.6 Å². The van der Waals surface area contributed by atoms with Gasteiger partial charge in [0.1, 0.15) is 36.2 Å². The monoisotopic (exact) mass is 1240 g/mol. The molecule has 0 atom stereocenters. The summed E-state index contributed by atoms with van der Waals surface area (Å²) in [7, 11) is 0. The van der Waals surface area contributed by atoms with Crippen molar-refractivity contribution < 1.29 is 18.9 Å². The van der Waals surface area contributed by atoms with Crippen LogP contribution in [0.4, 0.5) is 0 Å². The maximum Gasteiger partial charge on any atom is 0.126 e. The van der Waals surface area contributed by atoms with Crippen LogP contribution in [0.15, 0.2) is 168 Å². The van der Waals surface area contributed by atoms with Crippen molar-refractivity contribution in [1.29, 1.82) is 0 Å². The molecule has 0 N–H and O–H groups in total. The summed E-state index contributed by atoms with van der Waals surface area (Å²) in [6.07, 6.45) is 8.25. The van der Waals surface area contributed by atoms with Crippen LogP contribution in [-0.4, -0.2) is 51.9 Å². The molecule has 0 saturated carbocycles. The molecule has 6 heteroatoms. The van der Waals surface area contributed by atoms with E-state index in [4.69, 9.17) is 28.9 Å². The fourth-order valence-electron chi connectivity index (χ4n) is 14.2. The van der Waals surface area contributed by atoms with Crippen molar-refractivity contribution in [2.24, 2.45) is 9.98 Å². The van der Waals surface area contributed by atoms with Crippen LogP contribution in [0.3, 0.4) is 0 Å². The van der Waals surface area contributed by atoms with Crippen molar-refractivity contribution >= 4 is 77.1 Å². The molecule has 0 aromatic heterocycles. The smallest absolute Gasteiger partial charge is 0.126 e. The largest absolute Gasteiger partial charge is 0.493 e. The van der Waals surface area contributed by atoms with Crippen molar-refractivity contribution in [1.82, 2.24) is 0 Å².